The molecule has 30 heavy (non-hydrogen) atoms. The minimum atomic E-state index is -3.50. The van der Waals surface area contributed by atoms with E-state index in [0.29, 0.717) is 18.0 Å². The molecule has 2 fully saturated rings. The van der Waals surface area contributed by atoms with E-state index in [1.165, 1.54) is 11.3 Å². The molecule has 0 aromatic carbocycles. The molecule has 2 atom stereocenters. The first kappa shape index (κ1) is 25.8. The molecule has 2 unspecified atom stereocenters. The van der Waals surface area contributed by atoms with E-state index in [9.17, 15) is 8.42 Å². The Bertz CT molecular complexity index is 809. The number of halogens is 1. The number of hydrogen-bond donors (Lipinski definition) is 2. The van der Waals surface area contributed by atoms with Gasteiger partial charge in [0.05, 0.1) is 24.2 Å². The predicted octanol–water partition coefficient (Wildman–Crippen LogP) is 2.11. The first-order valence-electron chi connectivity index (χ1n) is 10.2. The van der Waals surface area contributed by atoms with Crippen molar-refractivity contribution in [3.63, 3.8) is 0 Å². The predicted molar refractivity (Wildman–Crippen MR) is 131 cm³/mol. The maximum absolute atomic E-state index is 12.5. The van der Waals surface area contributed by atoms with E-state index < -0.39 is 10.0 Å². The summed E-state index contributed by atoms with van der Waals surface area (Å²) in [6, 6.07) is 1.72. The topological polar surface area (TPSA) is 92.3 Å². The molecule has 0 spiro atoms. The van der Waals surface area contributed by atoms with Gasteiger partial charge in [0.1, 0.15) is 6.10 Å². The van der Waals surface area contributed by atoms with Crippen LogP contribution < -0.4 is 10.0 Å². The number of rotatable bonds is 7. The molecule has 2 saturated heterocycles. The Labute approximate surface area is 200 Å². The van der Waals surface area contributed by atoms with Gasteiger partial charge >= 0.3 is 0 Å². The minimum Gasteiger partial charge on any atom is -0.375 e. The molecule has 8 nitrogen and oxygen atoms in total. The average molecular weight is 573 g/mol. The summed E-state index contributed by atoms with van der Waals surface area (Å²) in [6.07, 6.45) is 2.33. The fourth-order valence-electron chi connectivity index (χ4n) is 3.71. The van der Waals surface area contributed by atoms with Gasteiger partial charge in [-0.1, -0.05) is 0 Å². The number of aliphatic imine (C=N–C) groups is 1. The second kappa shape index (κ2) is 12.0. The highest BCUT2D eigenvalue weighted by Gasteiger charge is 2.32. The molecule has 0 saturated carbocycles. The van der Waals surface area contributed by atoms with Gasteiger partial charge in [0.25, 0.3) is 0 Å². The molecule has 11 heteroatoms. The summed E-state index contributed by atoms with van der Waals surface area (Å²) < 4.78 is 39.4. The molecule has 2 N–H and O–H groups in total. The van der Waals surface area contributed by atoms with Gasteiger partial charge in [-0.05, 0) is 39.7 Å². The van der Waals surface area contributed by atoms with Crippen LogP contribution in [0.2, 0.25) is 0 Å². The SMILES string of the molecule is CCNC(=NCCNS(=O)(=O)c1cc(C)sc1C)N1CCOC(C2CCCO2)C1.I. The maximum Gasteiger partial charge on any atom is 0.241 e. The Balaban J connectivity index is 0.00000320. The third-order valence-electron chi connectivity index (χ3n) is 5.06. The third kappa shape index (κ3) is 6.76. The lowest BCUT2D eigenvalue weighted by Gasteiger charge is -2.37. The van der Waals surface area contributed by atoms with Crippen molar-refractivity contribution in [3.05, 3.63) is 15.8 Å². The summed E-state index contributed by atoms with van der Waals surface area (Å²) in [5.74, 6) is 0.792. The van der Waals surface area contributed by atoms with E-state index in [2.05, 4.69) is 19.9 Å². The van der Waals surface area contributed by atoms with Crippen LogP contribution in [0.3, 0.4) is 0 Å². The van der Waals surface area contributed by atoms with E-state index in [1.54, 1.807) is 6.07 Å². The number of guanidine groups is 1. The largest absolute Gasteiger partial charge is 0.375 e. The van der Waals surface area contributed by atoms with Crippen molar-refractivity contribution in [1.29, 1.82) is 0 Å². The fraction of sp³-hybridized carbons (Fsp3) is 0.737. The summed E-state index contributed by atoms with van der Waals surface area (Å²) in [5.41, 5.74) is 0. The summed E-state index contributed by atoms with van der Waals surface area (Å²) >= 11 is 1.49. The molecular weight excluding hydrogens is 539 g/mol. The highest BCUT2D eigenvalue weighted by molar-refractivity contribution is 14.0. The van der Waals surface area contributed by atoms with Crippen LogP contribution in [-0.4, -0.2) is 77.4 Å². The van der Waals surface area contributed by atoms with E-state index in [0.717, 1.165) is 54.8 Å². The maximum atomic E-state index is 12.5. The lowest BCUT2D eigenvalue weighted by atomic mass is 10.1. The summed E-state index contributed by atoms with van der Waals surface area (Å²) in [4.78, 5) is 8.97. The smallest absolute Gasteiger partial charge is 0.241 e. The molecule has 172 valence electrons. The molecule has 2 aliphatic heterocycles. The van der Waals surface area contributed by atoms with E-state index >= 15 is 0 Å². The molecule has 0 aliphatic carbocycles. The summed E-state index contributed by atoms with van der Waals surface area (Å²) in [6.45, 7) is 10.1. The molecule has 3 rings (SSSR count). The number of hydrogen-bond acceptors (Lipinski definition) is 6. The number of ether oxygens (including phenoxy) is 2. The van der Waals surface area contributed by atoms with Gasteiger partial charge in [-0.3, -0.25) is 4.99 Å². The van der Waals surface area contributed by atoms with Gasteiger partial charge in [-0.25, -0.2) is 13.1 Å². The van der Waals surface area contributed by atoms with Crippen molar-refractivity contribution < 1.29 is 17.9 Å². The van der Waals surface area contributed by atoms with Crippen molar-refractivity contribution in [2.75, 3.05) is 45.9 Å². The number of nitrogens with one attached hydrogen (secondary N) is 2. The number of thiophene rings is 1. The number of aryl methyl sites for hydroxylation is 2. The fourth-order valence-corrected chi connectivity index (χ4v) is 6.28. The van der Waals surface area contributed by atoms with Crippen molar-refractivity contribution in [3.8, 4) is 0 Å². The van der Waals surface area contributed by atoms with Crippen LogP contribution in [0, 0.1) is 13.8 Å². The molecule has 3 heterocycles. The Morgan fingerprint density at radius 1 is 1.30 bits per heavy atom. The molecule has 0 amide bonds. The zero-order chi connectivity index (χ0) is 20.9. The Kier molecular flexibility index (Phi) is 10.3. The normalized spacial score (nSPS) is 22.8. The van der Waals surface area contributed by atoms with Crippen molar-refractivity contribution in [2.45, 2.75) is 50.7 Å². The van der Waals surface area contributed by atoms with Gasteiger partial charge in [0.15, 0.2) is 5.96 Å². The molecular formula is C19H33IN4O4S2. The Morgan fingerprint density at radius 2 is 2.07 bits per heavy atom. The van der Waals surface area contributed by atoms with Crippen LogP contribution in [0.4, 0.5) is 0 Å². The lowest BCUT2D eigenvalue weighted by molar-refractivity contribution is -0.0817. The summed E-state index contributed by atoms with van der Waals surface area (Å²) in [7, 11) is -3.50. The van der Waals surface area contributed by atoms with Crippen molar-refractivity contribution >= 4 is 51.3 Å². The van der Waals surface area contributed by atoms with Crippen LogP contribution in [0.5, 0.6) is 0 Å². The number of sulfonamides is 1. The highest BCUT2D eigenvalue weighted by Crippen LogP contribution is 2.24. The van der Waals surface area contributed by atoms with Crippen LogP contribution in [0.15, 0.2) is 16.0 Å². The first-order chi connectivity index (χ1) is 13.9. The van der Waals surface area contributed by atoms with Crippen LogP contribution in [0.1, 0.15) is 29.5 Å². The van der Waals surface area contributed by atoms with Gasteiger partial charge in [-0.2, -0.15) is 0 Å². The Hall–Kier alpha value is -0.470. The van der Waals surface area contributed by atoms with E-state index in [1.807, 2.05) is 20.8 Å². The van der Waals surface area contributed by atoms with Gasteiger partial charge in [0.2, 0.25) is 10.0 Å². The molecule has 2 aliphatic rings. The molecule has 0 bridgehead atoms. The second-order valence-electron chi connectivity index (χ2n) is 7.32. The first-order valence-corrected chi connectivity index (χ1v) is 12.5. The molecule has 1 aromatic heterocycles. The quantitative estimate of drug-likeness (QED) is 0.225. The molecule has 0 radical (unpaired) electrons. The van der Waals surface area contributed by atoms with Gasteiger partial charge in [-0.15, -0.1) is 35.3 Å². The van der Waals surface area contributed by atoms with Crippen LogP contribution >= 0.6 is 35.3 Å². The minimum absolute atomic E-state index is 0. The van der Waals surface area contributed by atoms with Crippen LogP contribution in [0.25, 0.3) is 0 Å². The third-order valence-corrected chi connectivity index (χ3v) is 7.74. The monoisotopic (exact) mass is 572 g/mol. The van der Waals surface area contributed by atoms with Crippen LogP contribution in [-0.2, 0) is 19.5 Å². The van der Waals surface area contributed by atoms with E-state index in [-0.39, 0.29) is 42.7 Å². The average Bonchev–Trinajstić information content (AvgIpc) is 3.34. The van der Waals surface area contributed by atoms with Gasteiger partial charge < -0.3 is 19.7 Å². The second-order valence-corrected chi connectivity index (χ2v) is 10.5. The van der Waals surface area contributed by atoms with E-state index in [4.69, 9.17) is 9.47 Å². The van der Waals surface area contributed by atoms with Crippen molar-refractivity contribution in [2.24, 2.45) is 4.99 Å². The number of nitrogens with zero attached hydrogens (tertiary/aromatic N) is 2. The Morgan fingerprint density at radius 3 is 2.70 bits per heavy atom. The summed E-state index contributed by atoms with van der Waals surface area (Å²) in [5, 5.41) is 3.31. The standard InChI is InChI=1S/C19H32N4O4S2.HI/c1-4-20-19(23-9-11-27-17(13-23)16-6-5-10-26-16)21-7-8-22-29(24,25)18-12-14(2)28-15(18)3;/h12,16-17,22H,4-11,13H2,1-3H3,(H,20,21);1H. The number of morpholine rings is 1. The zero-order valence-electron chi connectivity index (χ0n) is 17.8. The van der Waals surface area contributed by atoms with Gasteiger partial charge in [0, 0.05) is 42.5 Å². The zero-order valence-corrected chi connectivity index (χ0v) is 21.8. The molecule has 1 aromatic rings. The highest BCUT2D eigenvalue weighted by atomic mass is 127. The van der Waals surface area contributed by atoms with Crippen molar-refractivity contribution in [1.82, 2.24) is 14.9 Å². The lowest BCUT2D eigenvalue weighted by Crippen LogP contribution is -2.53.